The number of carboxylic acids is 1. The lowest BCUT2D eigenvalue weighted by Gasteiger charge is -2.38. The Morgan fingerprint density at radius 2 is 1.18 bits per heavy atom. The maximum Gasteiger partial charge on any atom is 0.337 e. The second kappa shape index (κ2) is 27.6. The highest BCUT2D eigenvalue weighted by atomic mass is 16.5. The van der Waals surface area contributed by atoms with Gasteiger partial charge in [-0.3, -0.25) is 33.6 Å². The number of ketones is 2. The van der Waals surface area contributed by atoms with Crippen LogP contribution in [0.3, 0.4) is 0 Å². The van der Waals surface area contributed by atoms with Crippen molar-refractivity contribution < 1.29 is 63.1 Å². The summed E-state index contributed by atoms with van der Waals surface area (Å²) in [4.78, 5) is 92.3. The highest BCUT2D eigenvalue weighted by Crippen LogP contribution is 2.46. The molecule has 1 fully saturated rings. The molecule has 7 N–H and O–H groups in total. The zero-order chi connectivity index (χ0) is 54.3. The number of aliphatic carboxylic acids is 1. The number of hydrogen-bond donors (Lipinski definition) is 5. The molecular weight excluding hydrogens is 937 g/mol. The molecule has 0 radical (unpaired) electrons. The first-order chi connectivity index (χ1) is 33.6. The third kappa shape index (κ3) is 17.7. The summed E-state index contributed by atoms with van der Waals surface area (Å²) < 4.78 is 11.3. The van der Waals surface area contributed by atoms with Gasteiger partial charge in [-0.2, -0.15) is 0 Å². The quantitative estimate of drug-likeness (QED) is 0.0661. The molecule has 3 unspecified atom stereocenters. The van der Waals surface area contributed by atoms with E-state index in [1.807, 2.05) is 47.6 Å². The Morgan fingerprint density at radius 1 is 0.699 bits per heavy atom. The number of hydrogen-bond acceptors (Lipinski definition) is 14. The van der Waals surface area contributed by atoms with Crippen LogP contribution in [0, 0.1) is 41.5 Å². The number of phenols is 2. The van der Waals surface area contributed by atoms with Crippen LogP contribution in [0.4, 0.5) is 0 Å². The maximum atomic E-state index is 13.5. The minimum atomic E-state index is -0.833. The van der Waals surface area contributed by atoms with Crippen LogP contribution in [0.1, 0.15) is 125 Å². The average molecular weight is 1010 g/mol. The summed E-state index contributed by atoms with van der Waals surface area (Å²) in [7, 11) is 6.63. The largest absolute Gasteiger partial charge is 0.508 e. The number of esters is 2. The number of allylic oxidation sites excluding steroid dienone is 1. The van der Waals surface area contributed by atoms with Crippen molar-refractivity contribution in [2.75, 3.05) is 28.2 Å². The number of carbonyl (C=O) groups is 8. The minimum absolute atomic E-state index is 0. The van der Waals surface area contributed by atoms with Gasteiger partial charge in [-0.15, -0.1) is 0 Å². The highest BCUT2D eigenvalue weighted by molar-refractivity contribution is 6.02. The van der Waals surface area contributed by atoms with Gasteiger partial charge in [0.05, 0.1) is 17.9 Å². The predicted octanol–water partition coefficient (Wildman–Crippen LogP) is 8.38. The molecule has 0 saturated carbocycles. The van der Waals surface area contributed by atoms with Gasteiger partial charge >= 0.3 is 11.9 Å². The van der Waals surface area contributed by atoms with Gasteiger partial charge in [-0.05, 0) is 119 Å². The lowest BCUT2D eigenvalue weighted by atomic mass is 9.77. The van der Waals surface area contributed by atoms with E-state index in [1.165, 1.54) is 40.0 Å². The van der Waals surface area contributed by atoms with Crippen molar-refractivity contribution in [2.45, 2.75) is 106 Å². The fraction of sp³-hybridized carbons (Fsp3) is 0.357. The number of aldehydes is 1. The van der Waals surface area contributed by atoms with Crippen LogP contribution in [0.5, 0.6) is 11.5 Å². The van der Waals surface area contributed by atoms with E-state index in [2.05, 4.69) is 36.5 Å². The number of rotatable bonds is 7. The summed E-state index contributed by atoms with van der Waals surface area (Å²) in [6, 6.07) is 21.2. The van der Waals surface area contributed by atoms with E-state index >= 15 is 0 Å². The summed E-state index contributed by atoms with van der Waals surface area (Å²) in [5.74, 6) is -2.57. The molecule has 17 nitrogen and oxygen atoms in total. The van der Waals surface area contributed by atoms with E-state index in [9.17, 15) is 38.7 Å². The Morgan fingerprint density at radius 3 is 1.58 bits per heavy atom. The minimum Gasteiger partial charge on any atom is -0.508 e. The third-order valence-electron chi connectivity index (χ3n) is 11.4. The fourth-order valence-corrected chi connectivity index (χ4v) is 8.65. The van der Waals surface area contributed by atoms with E-state index in [4.69, 9.17) is 24.5 Å². The van der Waals surface area contributed by atoms with Crippen LogP contribution in [-0.4, -0.2) is 101 Å². The molecule has 0 aromatic heterocycles. The number of likely N-dealkylation sites (N-methyl/N-ethyl adjacent to an activating group) is 1. The van der Waals surface area contributed by atoms with Gasteiger partial charge < -0.3 is 46.1 Å². The van der Waals surface area contributed by atoms with Crippen molar-refractivity contribution in [3.63, 3.8) is 0 Å². The number of carbonyl (C=O) groups excluding carboxylic acids is 7. The molecule has 1 saturated heterocycles. The van der Waals surface area contributed by atoms with E-state index in [-0.39, 0.29) is 53.9 Å². The van der Waals surface area contributed by atoms with Crippen LogP contribution in [-0.2, 0) is 43.0 Å². The van der Waals surface area contributed by atoms with E-state index in [0.717, 1.165) is 46.0 Å². The molecule has 3 aliphatic rings. The number of cyclic esters (lactones) is 2. The molecule has 392 valence electrons. The van der Waals surface area contributed by atoms with E-state index < -0.39 is 36.0 Å². The number of nitrogens with zero attached hydrogens (tertiary/aromatic N) is 2. The number of aryl methyl sites for hydroxylation is 6. The molecule has 2 amide bonds. The van der Waals surface area contributed by atoms with Crippen molar-refractivity contribution in [3.8, 4) is 11.5 Å². The van der Waals surface area contributed by atoms with Gasteiger partial charge in [-0.25, -0.2) is 4.79 Å². The molecule has 17 heteroatoms. The summed E-state index contributed by atoms with van der Waals surface area (Å²) in [6.45, 7) is 16.5. The smallest absolute Gasteiger partial charge is 0.337 e. The summed E-state index contributed by atoms with van der Waals surface area (Å²) >= 11 is 0. The second-order valence-corrected chi connectivity index (χ2v) is 18.3. The summed E-state index contributed by atoms with van der Waals surface area (Å²) in [5.41, 5.74) is 12.2. The van der Waals surface area contributed by atoms with Crippen LogP contribution in [0.15, 0.2) is 95.3 Å². The zero-order valence-electron chi connectivity index (χ0n) is 44.1. The Balaban J connectivity index is 0.000000378. The van der Waals surface area contributed by atoms with Crippen LogP contribution in [0.25, 0.3) is 0 Å². The number of amides is 2. The third-order valence-corrected chi connectivity index (χ3v) is 11.4. The first-order valence-corrected chi connectivity index (χ1v) is 23.1. The standard InChI is InChI=1S/C27H30N2O4.C14H16O3.C7H6O2.C6H11NO2.C2H4O2.H3N/c1-14-10-15(2)22(16(3)11-14)21-13-20-25(27(32)33-21)24(18-8-7-9-19(30)12-18)23(17(4)28-20)26(31)29(5)6;1-8-4-9(2)14(10(3)5-8)12-6-11(15)7-13(16)17-12;8-5-6-2-1-3-7(9)4-6;1-5(8)4-6(9)7(2)3;1-2(3)4;/h7-12,21,24,28,30H,13H2,1-6H3;4-5,12H,6-7H2,1-3H3;1-5,9H;4H2,1-3H3;1H3,(H,3,4);1H3. The number of phenolic OH excluding ortho intramolecular Hbond substituents is 2. The van der Waals surface area contributed by atoms with Crippen molar-refractivity contribution in [2.24, 2.45) is 0 Å². The highest BCUT2D eigenvalue weighted by Gasteiger charge is 2.43. The Hall–Kier alpha value is -7.92. The topological polar surface area (TPSA) is 269 Å². The first-order valence-electron chi connectivity index (χ1n) is 23.1. The molecule has 0 aliphatic carbocycles. The van der Waals surface area contributed by atoms with Gasteiger partial charge in [0, 0.05) is 70.5 Å². The molecule has 4 aromatic rings. The number of Topliss-reactive ketones (excluding diaryl/α,β-unsaturated/α-hetero) is 2. The number of ether oxygens (including phenoxy) is 2. The second-order valence-electron chi connectivity index (χ2n) is 18.3. The monoisotopic (exact) mass is 1010 g/mol. The van der Waals surface area contributed by atoms with Crippen molar-refractivity contribution >= 4 is 47.6 Å². The molecule has 73 heavy (non-hydrogen) atoms. The van der Waals surface area contributed by atoms with Crippen LogP contribution < -0.4 is 11.5 Å². The molecule has 4 aromatic carbocycles. The van der Waals surface area contributed by atoms with Crippen molar-refractivity contribution in [1.29, 1.82) is 0 Å². The van der Waals surface area contributed by atoms with Gasteiger partial charge in [0.1, 0.15) is 48.0 Å². The number of aromatic hydroxyl groups is 2. The number of benzene rings is 4. The van der Waals surface area contributed by atoms with Gasteiger partial charge in [0.15, 0.2) is 0 Å². The zero-order valence-corrected chi connectivity index (χ0v) is 44.1. The molecule has 7 rings (SSSR count). The summed E-state index contributed by atoms with van der Waals surface area (Å²) in [6.07, 6.45) is 0.614. The van der Waals surface area contributed by atoms with E-state index in [1.54, 1.807) is 58.5 Å². The van der Waals surface area contributed by atoms with Crippen LogP contribution >= 0.6 is 0 Å². The van der Waals surface area contributed by atoms with Gasteiger partial charge in [-0.1, -0.05) is 59.7 Å². The molecular formula is C56H70N4O13. The summed E-state index contributed by atoms with van der Waals surface area (Å²) in [5, 5.41) is 29.7. The number of dihydropyridines is 1. The Kier molecular flexibility index (Phi) is 23.2. The van der Waals surface area contributed by atoms with E-state index in [0.29, 0.717) is 47.1 Å². The number of carboxylic acid groups (broad SMARTS) is 1. The average Bonchev–Trinajstić information content (AvgIpc) is 3.25. The number of nitrogens with one attached hydrogen (secondary N) is 1. The molecule has 3 atom stereocenters. The van der Waals surface area contributed by atoms with Crippen LogP contribution in [0.2, 0.25) is 0 Å². The maximum absolute atomic E-state index is 13.5. The van der Waals surface area contributed by atoms with Gasteiger partial charge in [0.2, 0.25) is 5.91 Å². The van der Waals surface area contributed by atoms with Gasteiger partial charge in [0.25, 0.3) is 11.9 Å². The Bertz CT molecular complexity index is 2720. The molecule has 3 aliphatic heterocycles. The lowest BCUT2D eigenvalue weighted by Crippen LogP contribution is -2.39. The lowest BCUT2D eigenvalue weighted by molar-refractivity contribution is -0.158. The van der Waals surface area contributed by atoms with Crippen molar-refractivity contribution in [1.82, 2.24) is 21.3 Å². The first kappa shape index (κ1) is 61.2. The molecule has 3 heterocycles. The fourth-order valence-electron chi connectivity index (χ4n) is 8.65. The predicted molar refractivity (Wildman–Crippen MR) is 276 cm³/mol. The normalized spacial score (nSPS) is 16.4. The SMILES string of the molecule is CC(=O)CC(=O)N(C)C.CC(=O)O.CC1=C(C(=O)N(C)C)C(c2cccc(O)c2)C2=C(CC(c3c(C)cc(C)cc3C)OC2=O)N1.Cc1cc(C)c(C2CC(=O)CC(=O)O2)c(C)c1.N.O=Cc1cccc(O)c1. The molecule has 0 spiro atoms. The Labute approximate surface area is 427 Å². The molecule has 0 bridgehead atoms. The van der Waals surface area contributed by atoms with Crippen molar-refractivity contribution in [3.05, 3.63) is 151 Å².